The van der Waals surface area contributed by atoms with E-state index in [-0.39, 0.29) is 0 Å². The van der Waals surface area contributed by atoms with Crippen molar-refractivity contribution in [2.75, 3.05) is 0 Å². The first-order valence-corrected chi connectivity index (χ1v) is 5.39. The lowest BCUT2D eigenvalue weighted by Crippen LogP contribution is -2.19. The molecule has 5 nitrogen and oxygen atoms in total. The van der Waals surface area contributed by atoms with E-state index in [2.05, 4.69) is 11.1 Å². The molecule has 0 spiro atoms. The van der Waals surface area contributed by atoms with Gasteiger partial charge >= 0.3 is 5.76 Å². The molecule has 0 aromatic carbocycles. The predicted octanol–water partition coefficient (Wildman–Crippen LogP) is 1.93. The smallest absolute Gasteiger partial charge is 0.406 e. The van der Waals surface area contributed by atoms with Crippen LogP contribution in [0.25, 0.3) is 11.2 Å². The average Bonchev–Trinajstić information content (AvgIpc) is 2.62. The summed E-state index contributed by atoms with van der Waals surface area (Å²) in [5.74, 6) is -0.424. The molecule has 0 saturated carbocycles. The van der Waals surface area contributed by atoms with E-state index in [1.807, 2.05) is 13.8 Å². The number of nitrogens with zero attached hydrogens (tertiary/aromatic N) is 3. The molecule has 17 heavy (non-hydrogen) atoms. The van der Waals surface area contributed by atoms with Crippen molar-refractivity contribution in [2.45, 2.75) is 26.8 Å². The van der Waals surface area contributed by atoms with Gasteiger partial charge in [0, 0.05) is 12.7 Å². The molecule has 0 aliphatic carbocycles. The Kier molecular flexibility index (Phi) is 2.72. The highest BCUT2D eigenvalue weighted by molar-refractivity contribution is 5.67. The van der Waals surface area contributed by atoms with Gasteiger partial charge in [-0.15, -0.1) is 0 Å². The van der Waals surface area contributed by atoms with Gasteiger partial charge in [0.25, 0.3) is 0 Å². The standard InChI is InChI=1S/C12H13N3O2/c1-12(2,8-13)5-7-15-10-9(17-11(15)16)4-3-6-14-10/h3-4,6H,5,7H2,1-2H3. The van der Waals surface area contributed by atoms with Gasteiger partial charge in [-0.25, -0.2) is 9.78 Å². The van der Waals surface area contributed by atoms with Crippen LogP contribution in [-0.2, 0) is 6.54 Å². The van der Waals surface area contributed by atoms with Crippen molar-refractivity contribution in [3.8, 4) is 6.07 Å². The number of nitriles is 1. The third-order valence-corrected chi connectivity index (χ3v) is 2.69. The molecule has 0 N–H and O–H groups in total. The van der Waals surface area contributed by atoms with Crippen LogP contribution in [0.4, 0.5) is 0 Å². The van der Waals surface area contributed by atoms with Gasteiger partial charge in [0.2, 0.25) is 0 Å². The number of fused-ring (bicyclic) bond motifs is 1. The van der Waals surface area contributed by atoms with E-state index in [4.69, 9.17) is 9.68 Å². The number of hydrogen-bond acceptors (Lipinski definition) is 4. The third-order valence-electron chi connectivity index (χ3n) is 2.69. The minimum absolute atomic E-state index is 0.424. The van der Waals surface area contributed by atoms with Gasteiger partial charge in [-0.05, 0) is 32.4 Å². The molecule has 0 saturated heterocycles. The predicted molar refractivity (Wildman–Crippen MR) is 62.3 cm³/mol. The molecule has 0 unspecified atom stereocenters. The van der Waals surface area contributed by atoms with E-state index in [1.165, 1.54) is 4.57 Å². The topological polar surface area (TPSA) is 71.8 Å². The van der Waals surface area contributed by atoms with Crippen LogP contribution in [0.1, 0.15) is 20.3 Å². The fourth-order valence-corrected chi connectivity index (χ4v) is 1.54. The Morgan fingerprint density at radius 3 is 3.06 bits per heavy atom. The number of oxazole rings is 1. The number of pyridine rings is 1. The lowest BCUT2D eigenvalue weighted by molar-refractivity contribution is 0.398. The Labute approximate surface area is 98.3 Å². The Hall–Kier alpha value is -2.09. The van der Waals surface area contributed by atoms with Crippen LogP contribution in [0.3, 0.4) is 0 Å². The van der Waals surface area contributed by atoms with Crippen molar-refractivity contribution in [1.29, 1.82) is 5.26 Å². The van der Waals surface area contributed by atoms with Crippen molar-refractivity contribution in [1.82, 2.24) is 9.55 Å². The van der Waals surface area contributed by atoms with E-state index in [0.717, 1.165) is 0 Å². The van der Waals surface area contributed by atoms with Crippen LogP contribution < -0.4 is 5.76 Å². The molecule has 2 aromatic rings. The second kappa shape index (κ2) is 4.06. The molecule has 2 rings (SSSR count). The van der Waals surface area contributed by atoms with E-state index >= 15 is 0 Å². The van der Waals surface area contributed by atoms with E-state index in [9.17, 15) is 4.79 Å². The maximum atomic E-state index is 11.6. The zero-order chi connectivity index (χ0) is 12.5. The zero-order valence-electron chi connectivity index (χ0n) is 9.80. The second-order valence-corrected chi connectivity index (χ2v) is 4.59. The van der Waals surface area contributed by atoms with Crippen molar-refractivity contribution in [3.05, 3.63) is 28.9 Å². The van der Waals surface area contributed by atoms with Crippen LogP contribution in [0.2, 0.25) is 0 Å². The summed E-state index contributed by atoms with van der Waals surface area (Å²) >= 11 is 0. The Morgan fingerprint density at radius 1 is 1.59 bits per heavy atom. The van der Waals surface area contributed by atoms with Gasteiger partial charge in [-0.2, -0.15) is 5.26 Å². The van der Waals surface area contributed by atoms with E-state index < -0.39 is 11.2 Å². The lowest BCUT2D eigenvalue weighted by atomic mass is 9.91. The first-order valence-electron chi connectivity index (χ1n) is 5.39. The number of hydrogen-bond donors (Lipinski definition) is 0. The normalized spacial score (nSPS) is 11.6. The molecule has 0 aliphatic heterocycles. The summed E-state index contributed by atoms with van der Waals surface area (Å²) in [4.78, 5) is 15.7. The Balaban J connectivity index is 2.34. The van der Waals surface area contributed by atoms with Gasteiger partial charge in [-0.1, -0.05) is 0 Å². The molecule has 2 heterocycles. The van der Waals surface area contributed by atoms with Crippen molar-refractivity contribution in [3.63, 3.8) is 0 Å². The molecular weight excluding hydrogens is 218 g/mol. The molecular formula is C12H13N3O2. The summed E-state index contributed by atoms with van der Waals surface area (Å²) in [5.41, 5.74) is 0.552. The summed E-state index contributed by atoms with van der Waals surface area (Å²) in [7, 11) is 0. The molecule has 0 radical (unpaired) electrons. The quantitative estimate of drug-likeness (QED) is 0.809. The summed E-state index contributed by atoms with van der Waals surface area (Å²) in [5, 5.41) is 8.93. The van der Waals surface area contributed by atoms with Crippen molar-refractivity contribution < 1.29 is 4.42 Å². The summed E-state index contributed by atoms with van der Waals surface area (Å²) in [6, 6.07) is 5.63. The largest absolute Gasteiger partial charge is 0.421 e. The van der Waals surface area contributed by atoms with E-state index in [1.54, 1.807) is 18.3 Å². The average molecular weight is 231 g/mol. The van der Waals surface area contributed by atoms with Gasteiger partial charge < -0.3 is 4.42 Å². The third kappa shape index (κ3) is 2.21. The molecule has 0 aliphatic rings. The first kappa shape index (κ1) is 11.4. The summed E-state index contributed by atoms with van der Waals surface area (Å²) in [6.45, 7) is 4.12. The minimum Gasteiger partial charge on any atom is -0.406 e. The maximum absolute atomic E-state index is 11.6. The fraction of sp³-hybridized carbons (Fsp3) is 0.417. The molecule has 88 valence electrons. The highest BCUT2D eigenvalue weighted by atomic mass is 16.4. The van der Waals surface area contributed by atoms with Crippen LogP contribution in [0.5, 0.6) is 0 Å². The van der Waals surface area contributed by atoms with Gasteiger partial charge in [0.1, 0.15) is 0 Å². The first-order chi connectivity index (χ1) is 8.03. The zero-order valence-corrected chi connectivity index (χ0v) is 9.80. The monoisotopic (exact) mass is 231 g/mol. The van der Waals surface area contributed by atoms with E-state index in [0.29, 0.717) is 24.2 Å². The number of aromatic nitrogens is 2. The van der Waals surface area contributed by atoms with Crippen LogP contribution in [0.15, 0.2) is 27.5 Å². The minimum atomic E-state index is -0.461. The number of rotatable bonds is 3. The Morgan fingerprint density at radius 2 is 2.35 bits per heavy atom. The number of aryl methyl sites for hydroxylation is 1. The second-order valence-electron chi connectivity index (χ2n) is 4.59. The highest BCUT2D eigenvalue weighted by Gasteiger charge is 2.18. The van der Waals surface area contributed by atoms with Crippen LogP contribution >= 0.6 is 0 Å². The fourth-order valence-electron chi connectivity index (χ4n) is 1.54. The molecule has 0 bridgehead atoms. The van der Waals surface area contributed by atoms with Crippen LogP contribution in [0, 0.1) is 16.7 Å². The maximum Gasteiger partial charge on any atom is 0.421 e. The van der Waals surface area contributed by atoms with Crippen molar-refractivity contribution >= 4 is 11.2 Å². The van der Waals surface area contributed by atoms with Crippen molar-refractivity contribution in [2.24, 2.45) is 5.41 Å². The van der Waals surface area contributed by atoms with Crippen LogP contribution in [-0.4, -0.2) is 9.55 Å². The summed E-state index contributed by atoms with van der Waals surface area (Å²) in [6.07, 6.45) is 2.19. The SMILES string of the molecule is CC(C)(C#N)CCn1c(=O)oc2cccnc21. The lowest BCUT2D eigenvalue weighted by Gasteiger charge is -2.14. The Bertz CT molecular complexity index is 631. The molecule has 0 fully saturated rings. The molecule has 2 aromatic heterocycles. The van der Waals surface area contributed by atoms with Gasteiger partial charge in [-0.3, -0.25) is 4.57 Å². The molecule has 0 amide bonds. The van der Waals surface area contributed by atoms with Gasteiger partial charge in [0.05, 0.1) is 11.5 Å². The molecule has 5 heteroatoms. The highest BCUT2D eigenvalue weighted by Crippen LogP contribution is 2.20. The summed E-state index contributed by atoms with van der Waals surface area (Å²) < 4.78 is 6.53. The molecule has 0 atom stereocenters. The van der Waals surface area contributed by atoms with Gasteiger partial charge in [0.15, 0.2) is 11.2 Å².